The van der Waals surface area contributed by atoms with Gasteiger partial charge in [0.1, 0.15) is 35.2 Å². The van der Waals surface area contributed by atoms with Crippen LogP contribution in [0.25, 0.3) is 21.8 Å². The molecule has 6 aromatic rings. The molecule has 6 saturated heterocycles. The zero-order valence-electron chi connectivity index (χ0n) is 37.2. The number of nitrogens with zero attached hydrogens (tertiary/aromatic N) is 4. The lowest BCUT2D eigenvalue weighted by molar-refractivity contribution is -0.0493. The summed E-state index contributed by atoms with van der Waals surface area (Å²) in [6.45, 7) is 8.58. The lowest BCUT2D eigenvalue weighted by Crippen LogP contribution is -2.56. The molecule has 1 aliphatic carbocycles. The van der Waals surface area contributed by atoms with Gasteiger partial charge in [0.05, 0.1) is 48.5 Å². The third kappa shape index (κ3) is 6.83. The lowest BCUT2D eigenvalue weighted by Gasteiger charge is -2.52. The molecule has 6 aliphatic heterocycles. The Labute approximate surface area is 374 Å². The van der Waals surface area contributed by atoms with Gasteiger partial charge in [0.2, 0.25) is 0 Å². The molecule has 0 saturated carbocycles. The van der Waals surface area contributed by atoms with Gasteiger partial charge in [0, 0.05) is 58.5 Å². The average molecular weight is 857 g/mol. The number of fused-ring (bicyclic) bond motifs is 10. The van der Waals surface area contributed by atoms with E-state index in [2.05, 4.69) is 23.6 Å². The minimum atomic E-state index is -0.475. The molecule has 328 valence electrons. The standard InChI is InChI=1S/C54H56N4O6/c1-5-31-29-57-23-19-33(31)25-45(57)53(39-17-21-55-43-13-11-35(61-3)27-41(39)43)63-47-15-16-48(50-49(47)51(59)37-9-7-8-10-38(37)52(50)60)64-54(46-26-34-20-24-58(46)30-32(34)6-2)40-18-22-56-44-14-12-36(62-4)28-42(40)44/h7-18,21-22,27-28,31-34,45-46,53-54H,5-6,19-20,23-26,29-30H2,1-4H3/t31?,32?,33?,34?,45-,46-,53+,54+/m0/s1. The molecule has 4 aromatic carbocycles. The summed E-state index contributed by atoms with van der Waals surface area (Å²) >= 11 is 0. The number of piperidine rings is 6. The monoisotopic (exact) mass is 856 g/mol. The summed E-state index contributed by atoms with van der Waals surface area (Å²) in [7, 11) is 3.35. The van der Waals surface area contributed by atoms with E-state index in [1.807, 2.05) is 85.2 Å². The quantitative estimate of drug-likeness (QED) is 0.118. The minimum absolute atomic E-state index is 0.0377. The molecule has 10 heteroatoms. The summed E-state index contributed by atoms with van der Waals surface area (Å²) in [5.74, 6) is 4.15. The van der Waals surface area contributed by atoms with Crippen molar-refractivity contribution in [2.75, 3.05) is 40.4 Å². The number of hydrogen-bond donors (Lipinski definition) is 0. The number of carbonyl (C=O) groups excluding carboxylic acids is 2. The van der Waals surface area contributed by atoms with Crippen LogP contribution >= 0.6 is 0 Å². The molecule has 7 aliphatic rings. The number of carbonyl (C=O) groups is 2. The van der Waals surface area contributed by atoms with Crippen molar-refractivity contribution in [2.45, 2.75) is 76.7 Å². The van der Waals surface area contributed by atoms with Gasteiger partial charge in [-0.1, -0.05) is 51.0 Å². The van der Waals surface area contributed by atoms with Gasteiger partial charge in [-0.25, -0.2) is 0 Å². The van der Waals surface area contributed by atoms with E-state index in [0.29, 0.717) is 46.3 Å². The SMILES string of the molecule is CCC1CN2CCC1C[C@H]2[C@H](Oc1ccc(O[C@H](c2ccnc3ccc(OC)cc23)[C@@H]2CC3CCN2CC3CC)c2c1C(=O)c1ccccc1C2=O)c1ccnc2ccc(OC)cc12. The zero-order chi connectivity index (χ0) is 43.6. The Morgan fingerprint density at radius 1 is 0.609 bits per heavy atom. The fourth-order valence-electron chi connectivity index (χ4n) is 12.3. The Hall–Kier alpha value is -5.84. The van der Waals surface area contributed by atoms with Crippen molar-refractivity contribution in [1.29, 1.82) is 0 Å². The molecule has 8 heterocycles. The van der Waals surface area contributed by atoms with Crippen LogP contribution in [0.5, 0.6) is 23.0 Å². The first-order chi connectivity index (χ1) is 31.3. The maximum atomic E-state index is 15.1. The fourth-order valence-corrected chi connectivity index (χ4v) is 12.3. The van der Waals surface area contributed by atoms with Crippen LogP contribution < -0.4 is 18.9 Å². The Morgan fingerprint density at radius 2 is 1.06 bits per heavy atom. The minimum Gasteiger partial charge on any atom is -0.497 e. The summed E-state index contributed by atoms with van der Waals surface area (Å²) in [5, 5.41) is 1.88. The number of rotatable bonds is 12. The van der Waals surface area contributed by atoms with Crippen molar-refractivity contribution >= 4 is 33.4 Å². The molecular formula is C54H56N4O6. The van der Waals surface area contributed by atoms with Gasteiger partial charge < -0.3 is 18.9 Å². The second kappa shape index (κ2) is 16.6. The predicted octanol–water partition coefficient (Wildman–Crippen LogP) is 10.1. The third-order valence-electron chi connectivity index (χ3n) is 15.7. The van der Waals surface area contributed by atoms with E-state index in [9.17, 15) is 0 Å². The molecule has 13 rings (SSSR count). The maximum Gasteiger partial charge on any atom is 0.198 e. The molecule has 4 bridgehead atoms. The largest absolute Gasteiger partial charge is 0.497 e. The first-order valence-electron chi connectivity index (χ1n) is 23.4. The van der Waals surface area contributed by atoms with Crippen LogP contribution in [-0.4, -0.2) is 83.8 Å². The third-order valence-corrected chi connectivity index (χ3v) is 15.7. The van der Waals surface area contributed by atoms with Gasteiger partial charge in [-0.05, 0) is 123 Å². The van der Waals surface area contributed by atoms with Crippen molar-refractivity contribution in [2.24, 2.45) is 23.7 Å². The van der Waals surface area contributed by atoms with Gasteiger partial charge in [-0.15, -0.1) is 0 Å². The van der Waals surface area contributed by atoms with Crippen LogP contribution in [0, 0.1) is 23.7 Å². The summed E-state index contributed by atoms with van der Waals surface area (Å²) in [4.78, 5) is 45.0. The van der Waals surface area contributed by atoms with E-state index in [1.54, 1.807) is 26.4 Å². The first kappa shape index (κ1) is 40.9. The normalized spacial score (nSPS) is 26.6. The molecule has 64 heavy (non-hydrogen) atoms. The molecular weight excluding hydrogens is 801 g/mol. The molecule has 10 atom stereocenters. The summed E-state index contributed by atoms with van der Waals surface area (Å²) in [5.41, 5.74) is 4.87. The Balaban J connectivity index is 1.07. The van der Waals surface area contributed by atoms with Gasteiger partial charge in [-0.2, -0.15) is 0 Å². The molecule has 0 amide bonds. The summed E-state index contributed by atoms with van der Waals surface area (Å²) in [6, 6.07) is 27.0. The highest BCUT2D eigenvalue weighted by Crippen LogP contribution is 2.49. The van der Waals surface area contributed by atoms with Crippen molar-refractivity contribution in [3.8, 4) is 23.0 Å². The van der Waals surface area contributed by atoms with E-state index in [-0.39, 0.29) is 34.8 Å². The Bertz CT molecular complexity index is 2600. The fraction of sp³-hybridized carbons (Fsp3) is 0.407. The van der Waals surface area contributed by atoms with Crippen LogP contribution in [-0.2, 0) is 0 Å². The number of hydrogen-bond acceptors (Lipinski definition) is 10. The van der Waals surface area contributed by atoms with Crippen LogP contribution in [0.2, 0.25) is 0 Å². The molecule has 0 N–H and O–H groups in total. The van der Waals surface area contributed by atoms with Gasteiger partial charge >= 0.3 is 0 Å². The van der Waals surface area contributed by atoms with Gasteiger partial charge in [0.25, 0.3) is 0 Å². The number of ether oxygens (including phenoxy) is 4. The zero-order valence-corrected chi connectivity index (χ0v) is 37.2. The van der Waals surface area contributed by atoms with E-state index in [1.165, 1.54) is 0 Å². The number of methoxy groups -OCH3 is 2. The molecule has 2 aromatic heterocycles. The summed E-state index contributed by atoms with van der Waals surface area (Å²) in [6.07, 6.45) is 9.30. The smallest absolute Gasteiger partial charge is 0.198 e. The maximum absolute atomic E-state index is 15.1. The van der Waals surface area contributed by atoms with Gasteiger partial charge in [-0.3, -0.25) is 29.4 Å². The van der Waals surface area contributed by atoms with Crippen LogP contribution in [0.1, 0.15) is 108 Å². The number of pyridine rings is 2. The highest BCUT2D eigenvalue weighted by molar-refractivity contribution is 6.30. The lowest BCUT2D eigenvalue weighted by atomic mass is 9.72. The highest BCUT2D eigenvalue weighted by atomic mass is 16.5. The van der Waals surface area contributed by atoms with Crippen LogP contribution in [0.3, 0.4) is 0 Å². The Morgan fingerprint density at radius 3 is 1.45 bits per heavy atom. The van der Waals surface area contributed by atoms with Crippen molar-refractivity contribution in [3.63, 3.8) is 0 Å². The molecule has 6 fully saturated rings. The first-order valence-corrected chi connectivity index (χ1v) is 23.4. The predicted molar refractivity (Wildman–Crippen MR) is 247 cm³/mol. The second-order valence-electron chi connectivity index (χ2n) is 18.7. The van der Waals surface area contributed by atoms with Gasteiger partial charge in [0.15, 0.2) is 11.6 Å². The van der Waals surface area contributed by atoms with E-state index in [4.69, 9.17) is 28.9 Å². The van der Waals surface area contributed by atoms with E-state index >= 15 is 9.59 Å². The summed E-state index contributed by atoms with van der Waals surface area (Å²) < 4.78 is 26.3. The number of aromatic nitrogens is 2. The highest BCUT2D eigenvalue weighted by Gasteiger charge is 2.47. The van der Waals surface area contributed by atoms with Crippen LogP contribution in [0.15, 0.2) is 97.3 Å². The Kier molecular flexibility index (Phi) is 10.6. The van der Waals surface area contributed by atoms with E-state index < -0.39 is 12.2 Å². The van der Waals surface area contributed by atoms with Crippen LogP contribution in [0.4, 0.5) is 0 Å². The van der Waals surface area contributed by atoms with Crippen molar-refractivity contribution in [1.82, 2.24) is 19.8 Å². The van der Waals surface area contributed by atoms with E-state index in [0.717, 1.165) is 109 Å². The van der Waals surface area contributed by atoms with Crippen molar-refractivity contribution in [3.05, 3.63) is 131 Å². The second-order valence-corrected chi connectivity index (χ2v) is 18.7. The number of ketones is 2. The molecule has 6 unspecified atom stereocenters. The number of benzene rings is 4. The molecule has 0 spiro atoms. The molecule has 10 nitrogen and oxygen atoms in total. The molecule has 0 radical (unpaired) electrons. The average Bonchev–Trinajstić information content (AvgIpc) is 3.36. The topological polar surface area (TPSA) is 103 Å². The van der Waals surface area contributed by atoms with Crippen molar-refractivity contribution < 1.29 is 28.5 Å².